The quantitative estimate of drug-likeness (QED) is 0.561. The van der Waals surface area contributed by atoms with Crippen LogP contribution in [0.3, 0.4) is 0 Å². The Morgan fingerprint density at radius 3 is 2.47 bits per heavy atom. The Balaban J connectivity index is 1.83. The van der Waals surface area contributed by atoms with Gasteiger partial charge in [0.2, 0.25) is 0 Å². The highest BCUT2D eigenvalue weighted by Crippen LogP contribution is 2.28. The number of aromatic nitrogens is 1. The molecule has 3 aromatic rings. The summed E-state index contributed by atoms with van der Waals surface area (Å²) in [4.78, 5) is 17.6. The standard InChI is InChI=1S/C22H19F3N4O3/c1-32-17-8-2-13(3-9-17)18-10-14-11-26-21(27-12-22(23,24)25)28-19(14)29(20(18)31)15-4-6-16(30)7-5-15/h2-11,21,27-28,30H,12H2,1H3. The van der Waals surface area contributed by atoms with Crippen LogP contribution in [-0.4, -0.2) is 42.0 Å². The van der Waals surface area contributed by atoms with E-state index in [2.05, 4.69) is 15.6 Å². The number of aromatic hydroxyl groups is 1. The molecule has 0 saturated heterocycles. The smallest absolute Gasteiger partial charge is 0.401 e. The number of halogens is 3. The number of alkyl halides is 3. The third-order valence-electron chi connectivity index (χ3n) is 4.87. The van der Waals surface area contributed by atoms with Gasteiger partial charge in [-0.1, -0.05) is 12.1 Å². The number of methoxy groups -OCH3 is 1. The van der Waals surface area contributed by atoms with Gasteiger partial charge in [0, 0.05) is 17.3 Å². The Labute approximate surface area is 180 Å². The van der Waals surface area contributed by atoms with Gasteiger partial charge in [0.05, 0.1) is 19.3 Å². The second kappa shape index (κ2) is 8.39. The van der Waals surface area contributed by atoms with Crippen LogP contribution in [0.4, 0.5) is 19.0 Å². The van der Waals surface area contributed by atoms with Crippen molar-refractivity contribution in [2.75, 3.05) is 19.0 Å². The lowest BCUT2D eigenvalue weighted by atomic mass is 10.0. The average Bonchev–Trinajstić information content (AvgIpc) is 2.78. The minimum atomic E-state index is -4.41. The molecule has 0 aliphatic carbocycles. The monoisotopic (exact) mass is 444 g/mol. The SMILES string of the molecule is COc1ccc(-c2cc3c(n(-c4ccc(O)cc4)c2=O)NC(NCC(F)(F)F)N=C3)cc1. The van der Waals surface area contributed by atoms with Crippen LogP contribution in [0.5, 0.6) is 11.5 Å². The van der Waals surface area contributed by atoms with Crippen LogP contribution in [0.15, 0.2) is 64.4 Å². The minimum Gasteiger partial charge on any atom is -0.508 e. The molecule has 0 spiro atoms. The van der Waals surface area contributed by atoms with Crippen LogP contribution >= 0.6 is 0 Å². The maximum atomic E-state index is 13.5. The molecule has 2 aromatic carbocycles. The maximum Gasteiger partial charge on any atom is 0.401 e. The first-order valence-corrected chi connectivity index (χ1v) is 9.59. The first-order chi connectivity index (χ1) is 15.2. The van der Waals surface area contributed by atoms with Gasteiger partial charge >= 0.3 is 6.18 Å². The topological polar surface area (TPSA) is 87.9 Å². The lowest BCUT2D eigenvalue weighted by molar-refractivity contribution is -0.125. The summed E-state index contributed by atoms with van der Waals surface area (Å²) in [5.74, 6) is 0.932. The zero-order valence-electron chi connectivity index (χ0n) is 16.8. The molecule has 0 bridgehead atoms. The fourth-order valence-corrected chi connectivity index (χ4v) is 3.35. The van der Waals surface area contributed by atoms with E-state index in [1.807, 2.05) is 0 Å². The molecule has 2 heterocycles. The van der Waals surface area contributed by atoms with E-state index in [-0.39, 0.29) is 11.6 Å². The molecule has 0 saturated carbocycles. The number of aliphatic imine (C=N–C) groups is 1. The molecule has 32 heavy (non-hydrogen) atoms. The van der Waals surface area contributed by atoms with E-state index in [9.17, 15) is 23.1 Å². The molecule has 0 radical (unpaired) electrons. The van der Waals surface area contributed by atoms with Crippen LogP contribution in [-0.2, 0) is 0 Å². The number of phenolic OH excluding ortho intramolecular Hbond substituents is 1. The Bertz CT molecular complexity index is 1200. The van der Waals surface area contributed by atoms with Crippen molar-refractivity contribution in [2.24, 2.45) is 4.99 Å². The van der Waals surface area contributed by atoms with E-state index < -0.39 is 24.6 Å². The van der Waals surface area contributed by atoms with Crippen molar-refractivity contribution in [3.63, 3.8) is 0 Å². The van der Waals surface area contributed by atoms with Gasteiger partial charge in [-0.2, -0.15) is 13.2 Å². The fourth-order valence-electron chi connectivity index (χ4n) is 3.35. The van der Waals surface area contributed by atoms with E-state index in [1.165, 1.54) is 30.0 Å². The van der Waals surface area contributed by atoms with Crippen LogP contribution in [0, 0.1) is 0 Å². The first kappa shape index (κ1) is 21.4. The predicted molar refractivity (Wildman–Crippen MR) is 115 cm³/mol. The van der Waals surface area contributed by atoms with Gasteiger partial charge in [-0.15, -0.1) is 0 Å². The Kier molecular flexibility index (Phi) is 5.62. The zero-order valence-corrected chi connectivity index (χ0v) is 16.8. The van der Waals surface area contributed by atoms with E-state index >= 15 is 0 Å². The average molecular weight is 444 g/mol. The summed E-state index contributed by atoms with van der Waals surface area (Å²) in [7, 11) is 1.54. The summed E-state index contributed by atoms with van der Waals surface area (Å²) in [6, 6.07) is 14.5. The number of fused-ring (bicyclic) bond motifs is 1. The molecule has 1 atom stereocenters. The lowest BCUT2D eigenvalue weighted by Gasteiger charge is -2.26. The number of phenols is 1. The van der Waals surface area contributed by atoms with E-state index in [4.69, 9.17) is 4.74 Å². The Hall–Kier alpha value is -3.79. The van der Waals surface area contributed by atoms with Gasteiger partial charge in [-0.25, -0.2) is 0 Å². The molecule has 4 rings (SSSR count). The molecule has 0 fully saturated rings. The lowest BCUT2D eigenvalue weighted by Crippen LogP contribution is -2.43. The summed E-state index contributed by atoms with van der Waals surface area (Å²) < 4.78 is 44.4. The van der Waals surface area contributed by atoms with Gasteiger partial charge in [-0.3, -0.25) is 19.7 Å². The normalized spacial score (nSPS) is 15.2. The van der Waals surface area contributed by atoms with Gasteiger partial charge in [-0.05, 0) is 48.0 Å². The van der Waals surface area contributed by atoms with Gasteiger partial charge < -0.3 is 15.2 Å². The number of rotatable bonds is 5. The highest BCUT2D eigenvalue weighted by atomic mass is 19.4. The summed E-state index contributed by atoms with van der Waals surface area (Å²) in [5, 5.41) is 14.8. The van der Waals surface area contributed by atoms with Crippen molar-refractivity contribution in [1.29, 1.82) is 0 Å². The van der Waals surface area contributed by atoms with Crippen molar-refractivity contribution in [3.8, 4) is 28.3 Å². The number of nitrogens with one attached hydrogen (secondary N) is 2. The molecule has 1 aromatic heterocycles. The van der Waals surface area contributed by atoms with Crippen molar-refractivity contribution in [2.45, 2.75) is 12.5 Å². The van der Waals surface area contributed by atoms with Crippen LogP contribution in [0.2, 0.25) is 0 Å². The Morgan fingerprint density at radius 1 is 1.16 bits per heavy atom. The number of hydrogen-bond donors (Lipinski definition) is 3. The predicted octanol–water partition coefficient (Wildman–Crippen LogP) is 3.50. The number of benzene rings is 2. The summed E-state index contributed by atoms with van der Waals surface area (Å²) >= 11 is 0. The third kappa shape index (κ3) is 4.45. The second-order valence-corrected chi connectivity index (χ2v) is 7.07. The Morgan fingerprint density at radius 2 is 1.84 bits per heavy atom. The molecular formula is C22H19F3N4O3. The van der Waals surface area contributed by atoms with Gasteiger partial charge in [0.1, 0.15) is 17.3 Å². The molecule has 166 valence electrons. The summed E-state index contributed by atoms with van der Waals surface area (Å²) in [6.45, 7) is -1.25. The largest absolute Gasteiger partial charge is 0.508 e. The molecule has 1 aliphatic heterocycles. The zero-order chi connectivity index (χ0) is 22.9. The third-order valence-corrected chi connectivity index (χ3v) is 4.87. The number of anilines is 1. The van der Waals surface area contributed by atoms with Crippen molar-refractivity contribution in [3.05, 3.63) is 70.5 Å². The van der Waals surface area contributed by atoms with E-state index in [0.29, 0.717) is 28.1 Å². The molecular weight excluding hydrogens is 425 g/mol. The highest BCUT2D eigenvalue weighted by Gasteiger charge is 2.29. The van der Waals surface area contributed by atoms with Gasteiger partial charge in [0.25, 0.3) is 5.56 Å². The maximum absolute atomic E-state index is 13.5. The van der Waals surface area contributed by atoms with Crippen molar-refractivity contribution in [1.82, 2.24) is 9.88 Å². The van der Waals surface area contributed by atoms with E-state index in [0.717, 1.165) is 0 Å². The van der Waals surface area contributed by atoms with Gasteiger partial charge in [0.15, 0.2) is 6.29 Å². The highest BCUT2D eigenvalue weighted by molar-refractivity contribution is 5.91. The molecule has 0 amide bonds. The van der Waals surface area contributed by atoms with Crippen molar-refractivity contribution >= 4 is 12.0 Å². The van der Waals surface area contributed by atoms with Crippen molar-refractivity contribution < 1.29 is 23.0 Å². The van der Waals surface area contributed by atoms with Crippen LogP contribution < -0.4 is 20.9 Å². The number of pyridine rings is 1. The molecule has 7 nitrogen and oxygen atoms in total. The molecule has 1 aliphatic rings. The molecule has 10 heteroatoms. The minimum absolute atomic E-state index is 0.0150. The summed E-state index contributed by atoms with van der Waals surface area (Å²) in [6.07, 6.45) is -4.06. The first-order valence-electron chi connectivity index (χ1n) is 9.59. The molecule has 3 N–H and O–H groups in total. The van der Waals surface area contributed by atoms with E-state index in [1.54, 1.807) is 42.5 Å². The second-order valence-electron chi connectivity index (χ2n) is 7.07. The number of hydrogen-bond acceptors (Lipinski definition) is 6. The van der Waals surface area contributed by atoms with Crippen LogP contribution in [0.1, 0.15) is 5.56 Å². The molecule has 1 unspecified atom stereocenters. The van der Waals surface area contributed by atoms with Crippen LogP contribution in [0.25, 0.3) is 16.8 Å². The fraction of sp³-hybridized carbons (Fsp3) is 0.182. The number of ether oxygens (including phenoxy) is 1. The summed E-state index contributed by atoms with van der Waals surface area (Å²) in [5.41, 5.74) is 1.56. The number of nitrogens with zero attached hydrogens (tertiary/aromatic N) is 2.